The molecule has 3 aromatic rings. The van der Waals surface area contributed by atoms with Crippen molar-refractivity contribution in [3.63, 3.8) is 0 Å². The second-order valence-corrected chi connectivity index (χ2v) is 7.07. The molecule has 1 amide bonds. The smallest absolute Gasteiger partial charge is 0.228 e. The van der Waals surface area contributed by atoms with Crippen LogP contribution in [-0.2, 0) is 18.4 Å². The average Bonchev–Trinajstić information content (AvgIpc) is 3.35. The average molecular weight is 364 g/mol. The van der Waals surface area contributed by atoms with Gasteiger partial charge in [-0.15, -0.1) is 0 Å². The highest BCUT2D eigenvalue weighted by molar-refractivity contribution is 5.93. The van der Waals surface area contributed by atoms with E-state index >= 15 is 0 Å². The fraction of sp³-hybridized carbons (Fsp3) is 0.350. The van der Waals surface area contributed by atoms with Gasteiger partial charge >= 0.3 is 0 Å². The van der Waals surface area contributed by atoms with E-state index in [4.69, 9.17) is 0 Å². The summed E-state index contributed by atoms with van der Waals surface area (Å²) >= 11 is 0. The van der Waals surface area contributed by atoms with Crippen molar-refractivity contribution in [1.29, 1.82) is 0 Å². The molecular formula is C20H24N6O. The third-order valence-electron chi connectivity index (χ3n) is 5.13. The van der Waals surface area contributed by atoms with Gasteiger partial charge in [-0.2, -0.15) is 5.10 Å². The summed E-state index contributed by atoms with van der Waals surface area (Å²) in [5.41, 5.74) is 2.83. The van der Waals surface area contributed by atoms with Crippen LogP contribution >= 0.6 is 0 Å². The van der Waals surface area contributed by atoms with Gasteiger partial charge in [0.05, 0.1) is 18.2 Å². The highest BCUT2D eigenvalue weighted by Gasteiger charge is 2.26. The van der Waals surface area contributed by atoms with Crippen LogP contribution in [0.4, 0.5) is 5.69 Å². The third kappa shape index (κ3) is 4.09. The molecule has 140 valence electrons. The van der Waals surface area contributed by atoms with Crippen molar-refractivity contribution in [2.75, 3.05) is 18.4 Å². The molecule has 2 aromatic heterocycles. The van der Waals surface area contributed by atoms with Crippen LogP contribution in [0.3, 0.4) is 0 Å². The monoisotopic (exact) mass is 364 g/mol. The van der Waals surface area contributed by atoms with E-state index in [2.05, 4.69) is 25.4 Å². The number of imidazole rings is 1. The van der Waals surface area contributed by atoms with E-state index in [1.165, 1.54) is 0 Å². The molecule has 1 aliphatic rings. The van der Waals surface area contributed by atoms with Gasteiger partial charge in [-0.25, -0.2) is 4.98 Å². The minimum Gasteiger partial charge on any atom is -0.337 e. The van der Waals surface area contributed by atoms with E-state index in [-0.39, 0.29) is 11.8 Å². The number of nitrogens with one attached hydrogen (secondary N) is 2. The summed E-state index contributed by atoms with van der Waals surface area (Å²) in [4.78, 5) is 19.4. The van der Waals surface area contributed by atoms with Crippen molar-refractivity contribution in [3.05, 3.63) is 54.7 Å². The zero-order valence-electron chi connectivity index (χ0n) is 15.4. The van der Waals surface area contributed by atoms with Gasteiger partial charge in [-0.1, -0.05) is 12.1 Å². The van der Waals surface area contributed by atoms with Crippen LogP contribution in [0.5, 0.6) is 0 Å². The number of carbonyl (C=O) groups excluding carboxylic acids is 1. The molecule has 4 rings (SSSR count). The number of nitrogens with zero attached hydrogens (tertiary/aromatic N) is 4. The zero-order valence-corrected chi connectivity index (χ0v) is 15.4. The third-order valence-corrected chi connectivity index (χ3v) is 5.13. The zero-order chi connectivity index (χ0) is 18.6. The first-order valence-electron chi connectivity index (χ1n) is 9.28. The maximum atomic E-state index is 12.7. The summed E-state index contributed by atoms with van der Waals surface area (Å²) in [6.45, 7) is 2.56. The number of amides is 1. The van der Waals surface area contributed by atoms with Crippen LogP contribution in [0, 0.1) is 5.92 Å². The molecule has 3 heterocycles. The molecule has 0 radical (unpaired) electrons. The Kier molecular flexibility index (Phi) is 5.02. The molecular weight excluding hydrogens is 340 g/mol. The number of rotatable bonds is 5. The maximum Gasteiger partial charge on any atom is 0.228 e. The fourth-order valence-electron chi connectivity index (χ4n) is 3.56. The van der Waals surface area contributed by atoms with E-state index in [0.29, 0.717) is 0 Å². The van der Waals surface area contributed by atoms with Crippen LogP contribution in [0.2, 0.25) is 0 Å². The number of anilines is 1. The number of carbonyl (C=O) groups is 1. The number of aromatic amines is 1. The van der Waals surface area contributed by atoms with Crippen molar-refractivity contribution in [3.8, 4) is 11.3 Å². The van der Waals surface area contributed by atoms with Gasteiger partial charge in [-0.05, 0) is 43.1 Å². The largest absolute Gasteiger partial charge is 0.337 e. The first kappa shape index (κ1) is 17.5. The van der Waals surface area contributed by atoms with Gasteiger partial charge in [0.1, 0.15) is 5.82 Å². The van der Waals surface area contributed by atoms with Gasteiger partial charge < -0.3 is 9.88 Å². The van der Waals surface area contributed by atoms with Crippen LogP contribution in [0.25, 0.3) is 11.3 Å². The lowest BCUT2D eigenvalue weighted by molar-refractivity contribution is -0.121. The predicted molar refractivity (Wildman–Crippen MR) is 104 cm³/mol. The summed E-state index contributed by atoms with van der Waals surface area (Å²) in [6.07, 6.45) is 7.45. The van der Waals surface area contributed by atoms with Gasteiger partial charge in [0.25, 0.3) is 0 Å². The van der Waals surface area contributed by atoms with Crippen LogP contribution < -0.4 is 5.32 Å². The molecule has 0 spiro atoms. The molecule has 1 aromatic carbocycles. The molecule has 1 unspecified atom stereocenters. The standard InChI is InChI=1S/C20H24N6O/c1-25-12-10-21-19(25)14-26-11-2-3-16(13-26)20(27)23-17-6-4-15(5-7-17)18-8-9-22-24-18/h4-10,12,16H,2-3,11,13-14H2,1H3,(H,22,24)(H,23,27). The van der Waals surface area contributed by atoms with Crippen molar-refractivity contribution >= 4 is 11.6 Å². The number of hydrogen-bond donors (Lipinski definition) is 2. The second kappa shape index (κ2) is 7.75. The number of aryl methyl sites for hydroxylation is 1. The van der Waals surface area contributed by atoms with E-state index in [9.17, 15) is 4.79 Å². The molecule has 7 nitrogen and oxygen atoms in total. The lowest BCUT2D eigenvalue weighted by Gasteiger charge is -2.31. The number of hydrogen-bond acceptors (Lipinski definition) is 4. The first-order valence-corrected chi connectivity index (χ1v) is 9.28. The Labute approximate surface area is 158 Å². The highest BCUT2D eigenvalue weighted by atomic mass is 16.1. The molecule has 1 aliphatic heterocycles. The fourth-order valence-corrected chi connectivity index (χ4v) is 3.56. The Morgan fingerprint density at radius 3 is 2.81 bits per heavy atom. The number of likely N-dealkylation sites (tertiary alicyclic amines) is 1. The summed E-state index contributed by atoms with van der Waals surface area (Å²) in [5, 5.41) is 9.97. The number of H-pyrrole nitrogens is 1. The predicted octanol–water partition coefficient (Wildman–Crippen LogP) is 2.66. The van der Waals surface area contributed by atoms with E-state index in [1.807, 2.05) is 54.3 Å². The summed E-state index contributed by atoms with van der Waals surface area (Å²) in [5.74, 6) is 1.13. The first-order chi connectivity index (χ1) is 13.2. The number of aromatic nitrogens is 4. The molecule has 2 N–H and O–H groups in total. The quantitative estimate of drug-likeness (QED) is 0.729. The van der Waals surface area contributed by atoms with Crippen LogP contribution in [0.15, 0.2) is 48.9 Å². The molecule has 27 heavy (non-hydrogen) atoms. The Morgan fingerprint density at radius 2 is 2.11 bits per heavy atom. The Balaban J connectivity index is 1.35. The van der Waals surface area contributed by atoms with Crippen LogP contribution in [0.1, 0.15) is 18.7 Å². The molecule has 1 fully saturated rings. The molecule has 0 saturated carbocycles. The Hall–Kier alpha value is -2.93. The molecule has 0 bridgehead atoms. The maximum absolute atomic E-state index is 12.7. The summed E-state index contributed by atoms with van der Waals surface area (Å²) in [7, 11) is 2.00. The molecule has 7 heteroatoms. The summed E-state index contributed by atoms with van der Waals surface area (Å²) in [6, 6.07) is 9.76. The number of benzene rings is 1. The van der Waals surface area contributed by atoms with E-state index < -0.39 is 0 Å². The van der Waals surface area contributed by atoms with Crippen molar-refractivity contribution in [1.82, 2.24) is 24.6 Å². The minimum atomic E-state index is 0.00584. The lowest BCUT2D eigenvalue weighted by Crippen LogP contribution is -2.40. The van der Waals surface area contributed by atoms with Gasteiger partial charge in [0.2, 0.25) is 5.91 Å². The van der Waals surface area contributed by atoms with Crippen molar-refractivity contribution < 1.29 is 4.79 Å². The van der Waals surface area contributed by atoms with Crippen molar-refractivity contribution in [2.45, 2.75) is 19.4 Å². The minimum absolute atomic E-state index is 0.00584. The van der Waals surface area contributed by atoms with Gasteiger partial charge in [0.15, 0.2) is 0 Å². The topological polar surface area (TPSA) is 78.8 Å². The van der Waals surface area contributed by atoms with E-state index in [1.54, 1.807) is 6.20 Å². The SMILES string of the molecule is Cn1ccnc1CN1CCCC(C(=O)Nc2ccc(-c3ccn[nH]3)cc2)C1. The normalized spacial score (nSPS) is 17.7. The van der Waals surface area contributed by atoms with E-state index in [0.717, 1.165) is 55.2 Å². The Morgan fingerprint density at radius 1 is 1.26 bits per heavy atom. The van der Waals surface area contributed by atoms with Gasteiger partial charge in [0, 0.05) is 37.9 Å². The summed E-state index contributed by atoms with van der Waals surface area (Å²) < 4.78 is 2.03. The lowest BCUT2D eigenvalue weighted by atomic mass is 9.97. The number of piperidine rings is 1. The Bertz CT molecular complexity index is 884. The highest BCUT2D eigenvalue weighted by Crippen LogP contribution is 2.22. The van der Waals surface area contributed by atoms with Crippen LogP contribution in [-0.4, -0.2) is 43.6 Å². The second-order valence-electron chi connectivity index (χ2n) is 7.07. The van der Waals surface area contributed by atoms with Gasteiger partial charge in [-0.3, -0.25) is 14.8 Å². The van der Waals surface area contributed by atoms with Crippen molar-refractivity contribution in [2.24, 2.45) is 13.0 Å². The molecule has 0 aliphatic carbocycles. The molecule has 1 atom stereocenters. The molecule has 1 saturated heterocycles.